The minimum Gasteiger partial charge on any atom is -0.449 e. The minimum atomic E-state index is -3.87. The SMILES string of the molecule is C[C@H](OC(=O)/C=C/c1cccs1)C(=O)Nc1cccc(S(N)(=O)=O)c1. The third kappa shape index (κ3) is 5.82. The summed E-state index contributed by atoms with van der Waals surface area (Å²) in [6.45, 7) is 1.41. The van der Waals surface area contributed by atoms with Gasteiger partial charge in [-0.3, -0.25) is 4.79 Å². The number of ether oxygens (including phenoxy) is 1. The standard InChI is InChI=1S/C16H16N2O5S2/c1-11(23-15(19)8-7-13-5-3-9-24-13)16(20)18-12-4-2-6-14(10-12)25(17,21)22/h2-11H,1H3,(H,18,20)(H2,17,21,22)/b8-7+/t11-/m0/s1. The zero-order chi connectivity index (χ0) is 18.4. The summed E-state index contributed by atoms with van der Waals surface area (Å²) < 4.78 is 27.6. The number of carbonyl (C=O) groups is 2. The van der Waals surface area contributed by atoms with E-state index in [9.17, 15) is 18.0 Å². The molecule has 0 fully saturated rings. The number of thiophene rings is 1. The lowest BCUT2D eigenvalue weighted by atomic mass is 10.3. The van der Waals surface area contributed by atoms with Crippen molar-refractivity contribution in [2.24, 2.45) is 5.14 Å². The Balaban J connectivity index is 1.95. The highest BCUT2D eigenvalue weighted by atomic mass is 32.2. The molecule has 1 heterocycles. The molecule has 0 aliphatic carbocycles. The summed E-state index contributed by atoms with van der Waals surface area (Å²) in [6, 6.07) is 9.15. The van der Waals surface area contributed by atoms with Gasteiger partial charge in [0, 0.05) is 16.6 Å². The number of hydrogen-bond donors (Lipinski definition) is 2. The van der Waals surface area contributed by atoms with Crippen LogP contribution < -0.4 is 10.5 Å². The van der Waals surface area contributed by atoms with Gasteiger partial charge in [0.15, 0.2) is 6.10 Å². The predicted molar refractivity (Wildman–Crippen MR) is 95.4 cm³/mol. The van der Waals surface area contributed by atoms with E-state index in [1.807, 2.05) is 17.5 Å². The number of primary sulfonamides is 1. The average molecular weight is 380 g/mol. The molecule has 1 aromatic carbocycles. The third-order valence-electron chi connectivity index (χ3n) is 3.02. The molecular formula is C16H16N2O5S2. The minimum absolute atomic E-state index is 0.131. The van der Waals surface area contributed by atoms with Crippen molar-refractivity contribution in [1.29, 1.82) is 0 Å². The van der Waals surface area contributed by atoms with E-state index in [0.29, 0.717) is 0 Å². The summed E-state index contributed by atoms with van der Waals surface area (Å²) in [4.78, 5) is 24.5. The van der Waals surface area contributed by atoms with Crippen molar-refractivity contribution in [3.05, 3.63) is 52.7 Å². The first-order valence-electron chi connectivity index (χ1n) is 7.11. The van der Waals surface area contributed by atoms with Gasteiger partial charge in [-0.15, -0.1) is 11.3 Å². The van der Waals surface area contributed by atoms with Crippen molar-refractivity contribution in [3.8, 4) is 0 Å². The predicted octanol–water partition coefficient (Wildman–Crippen LogP) is 1.98. The van der Waals surface area contributed by atoms with Crippen molar-refractivity contribution in [1.82, 2.24) is 0 Å². The third-order valence-corrected chi connectivity index (χ3v) is 4.77. The second-order valence-corrected chi connectivity index (χ2v) is 7.53. The molecule has 0 bridgehead atoms. The number of hydrogen-bond acceptors (Lipinski definition) is 6. The van der Waals surface area contributed by atoms with Gasteiger partial charge < -0.3 is 10.1 Å². The Morgan fingerprint density at radius 3 is 2.68 bits per heavy atom. The van der Waals surface area contributed by atoms with Gasteiger partial charge in [0.05, 0.1) is 4.90 Å². The smallest absolute Gasteiger partial charge is 0.331 e. The molecule has 1 aromatic heterocycles. The largest absolute Gasteiger partial charge is 0.449 e. The summed E-state index contributed by atoms with van der Waals surface area (Å²) in [5.74, 6) is -1.25. The first-order chi connectivity index (χ1) is 11.8. The summed E-state index contributed by atoms with van der Waals surface area (Å²) in [5.41, 5.74) is 0.230. The Labute approximate surface area is 149 Å². The topological polar surface area (TPSA) is 116 Å². The maximum Gasteiger partial charge on any atom is 0.331 e. The fourth-order valence-corrected chi connectivity index (χ4v) is 2.98. The van der Waals surface area contributed by atoms with E-state index in [0.717, 1.165) is 4.88 Å². The van der Waals surface area contributed by atoms with Crippen LogP contribution in [0.5, 0.6) is 0 Å². The molecule has 132 valence electrons. The molecule has 0 saturated carbocycles. The number of amides is 1. The van der Waals surface area contributed by atoms with Crippen LogP contribution in [0.4, 0.5) is 5.69 Å². The monoisotopic (exact) mass is 380 g/mol. The van der Waals surface area contributed by atoms with Gasteiger partial charge in [-0.25, -0.2) is 18.4 Å². The Bertz CT molecular complexity index is 889. The van der Waals surface area contributed by atoms with Gasteiger partial charge in [-0.1, -0.05) is 12.1 Å². The van der Waals surface area contributed by atoms with Gasteiger partial charge in [0.25, 0.3) is 5.91 Å². The Morgan fingerprint density at radius 1 is 1.28 bits per heavy atom. The van der Waals surface area contributed by atoms with Gasteiger partial charge in [0.2, 0.25) is 10.0 Å². The van der Waals surface area contributed by atoms with Gasteiger partial charge in [-0.05, 0) is 42.6 Å². The molecule has 3 N–H and O–H groups in total. The number of sulfonamides is 1. The summed E-state index contributed by atoms with van der Waals surface area (Å²) in [6.07, 6.45) is 1.77. The highest BCUT2D eigenvalue weighted by molar-refractivity contribution is 7.89. The normalized spacial score (nSPS) is 12.7. The first-order valence-corrected chi connectivity index (χ1v) is 9.54. The van der Waals surface area contributed by atoms with Crippen LogP contribution in [0.15, 0.2) is 52.7 Å². The molecule has 0 unspecified atom stereocenters. The quantitative estimate of drug-likeness (QED) is 0.587. The molecule has 0 radical (unpaired) electrons. The number of anilines is 1. The van der Waals surface area contributed by atoms with E-state index in [1.165, 1.54) is 48.6 Å². The van der Waals surface area contributed by atoms with Crippen LogP contribution in [0, 0.1) is 0 Å². The van der Waals surface area contributed by atoms with E-state index in [2.05, 4.69) is 5.32 Å². The molecule has 0 spiro atoms. The Hall–Kier alpha value is -2.49. The van der Waals surface area contributed by atoms with Crippen molar-refractivity contribution < 1.29 is 22.7 Å². The van der Waals surface area contributed by atoms with Crippen LogP contribution in [0.25, 0.3) is 6.08 Å². The molecule has 0 saturated heterocycles. The zero-order valence-corrected chi connectivity index (χ0v) is 14.8. The number of nitrogens with one attached hydrogen (secondary N) is 1. The number of rotatable bonds is 6. The molecule has 2 aromatic rings. The number of esters is 1. The highest BCUT2D eigenvalue weighted by Crippen LogP contribution is 2.15. The molecule has 0 aliphatic rings. The van der Waals surface area contributed by atoms with Crippen molar-refractivity contribution in [2.75, 3.05) is 5.32 Å². The number of nitrogens with two attached hydrogens (primary N) is 1. The molecule has 7 nitrogen and oxygen atoms in total. The highest BCUT2D eigenvalue weighted by Gasteiger charge is 2.17. The molecule has 1 atom stereocenters. The molecule has 1 amide bonds. The van der Waals surface area contributed by atoms with Crippen molar-refractivity contribution in [3.63, 3.8) is 0 Å². The van der Waals surface area contributed by atoms with Crippen LogP contribution >= 0.6 is 11.3 Å². The average Bonchev–Trinajstić information content (AvgIpc) is 3.05. The maximum atomic E-state index is 12.1. The maximum absolute atomic E-state index is 12.1. The lowest BCUT2D eigenvalue weighted by molar-refractivity contribution is -0.148. The van der Waals surface area contributed by atoms with E-state index < -0.39 is 28.0 Å². The van der Waals surface area contributed by atoms with Crippen molar-refractivity contribution in [2.45, 2.75) is 17.9 Å². The van der Waals surface area contributed by atoms with E-state index in [1.54, 1.807) is 6.08 Å². The molecule has 2 rings (SSSR count). The van der Waals surface area contributed by atoms with Crippen LogP contribution in [-0.2, 0) is 24.3 Å². The van der Waals surface area contributed by atoms with Gasteiger partial charge >= 0.3 is 5.97 Å². The van der Waals surface area contributed by atoms with E-state index in [4.69, 9.17) is 9.88 Å². The van der Waals surface area contributed by atoms with Gasteiger partial charge in [-0.2, -0.15) is 0 Å². The van der Waals surface area contributed by atoms with Crippen LogP contribution in [0.2, 0.25) is 0 Å². The number of carbonyl (C=O) groups excluding carboxylic acids is 2. The lowest BCUT2D eigenvalue weighted by Crippen LogP contribution is -2.29. The summed E-state index contributed by atoms with van der Waals surface area (Å²) in [5, 5.41) is 9.38. The Morgan fingerprint density at radius 2 is 2.04 bits per heavy atom. The molecule has 0 aliphatic heterocycles. The summed E-state index contributed by atoms with van der Waals surface area (Å²) in [7, 11) is -3.87. The molecule has 9 heteroatoms. The van der Waals surface area contributed by atoms with E-state index in [-0.39, 0.29) is 10.6 Å². The summed E-state index contributed by atoms with van der Waals surface area (Å²) >= 11 is 1.46. The van der Waals surface area contributed by atoms with Crippen LogP contribution in [0.3, 0.4) is 0 Å². The van der Waals surface area contributed by atoms with Crippen molar-refractivity contribution >= 4 is 45.0 Å². The number of benzene rings is 1. The van der Waals surface area contributed by atoms with Gasteiger partial charge in [0.1, 0.15) is 0 Å². The Kier molecular flexibility index (Phi) is 6.07. The molecular weight excluding hydrogens is 364 g/mol. The zero-order valence-electron chi connectivity index (χ0n) is 13.2. The lowest BCUT2D eigenvalue weighted by Gasteiger charge is -2.12. The second-order valence-electron chi connectivity index (χ2n) is 4.99. The van der Waals surface area contributed by atoms with Crippen LogP contribution in [0.1, 0.15) is 11.8 Å². The fraction of sp³-hybridized carbons (Fsp3) is 0.125. The first kappa shape index (κ1) is 18.8. The van der Waals surface area contributed by atoms with Crippen LogP contribution in [-0.4, -0.2) is 26.4 Å². The molecule has 25 heavy (non-hydrogen) atoms. The van der Waals surface area contributed by atoms with E-state index >= 15 is 0 Å². The second kappa shape index (κ2) is 8.06. The fourth-order valence-electron chi connectivity index (χ4n) is 1.80.